The number of unbranched alkanes of at least 4 members (excludes halogenated alkanes) is 27. The second-order valence-electron chi connectivity index (χ2n) is 11.5. The van der Waals surface area contributed by atoms with Gasteiger partial charge in [-0.05, 0) is 12.8 Å². The third kappa shape index (κ3) is 33.2. The standard InChI is InChI=1S/C34H68O3/c1-3-5-6-7-8-9-10-11-12-13-14-15-16-17-18-19-20-21-22-23-24-25-26-27-28-29-30-31-33-37-34(35)36-32-4-2/h3-33H2,1-2H3. The van der Waals surface area contributed by atoms with E-state index in [1.165, 1.54) is 167 Å². The molecule has 0 aromatic rings. The van der Waals surface area contributed by atoms with E-state index < -0.39 is 6.16 Å². The predicted molar refractivity (Wildman–Crippen MR) is 163 cm³/mol. The molecule has 0 aromatic heterocycles. The van der Waals surface area contributed by atoms with Crippen LogP contribution in [-0.2, 0) is 9.47 Å². The van der Waals surface area contributed by atoms with Gasteiger partial charge in [0.05, 0.1) is 13.2 Å². The number of hydrogen-bond acceptors (Lipinski definition) is 3. The molecular formula is C34H68O3. The van der Waals surface area contributed by atoms with Crippen molar-refractivity contribution >= 4 is 6.16 Å². The molecule has 37 heavy (non-hydrogen) atoms. The van der Waals surface area contributed by atoms with Crippen LogP contribution in [0.5, 0.6) is 0 Å². The van der Waals surface area contributed by atoms with Crippen LogP contribution in [0.4, 0.5) is 4.79 Å². The van der Waals surface area contributed by atoms with E-state index in [1.54, 1.807) is 0 Å². The Morgan fingerprint density at radius 1 is 0.324 bits per heavy atom. The molecule has 0 N–H and O–H groups in total. The smallest absolute Gasteiger partial charge is 0.434 e. The zero-order valence-corrected chi connectivity index (χ0v) is 25.6. The number of carbonyl (C=O) groups is 1. The van der Waals surface area contributed by atoms with Gasteiger partial charge in [-0.15, -0.1) is 0 Å². The lowest BCUT2D eigenvalue weighted by Gasteiger charge is -2.05. The molecule has 0 aliphatic carbocycles. The van der Waals surface area contributed by atoms with Crippen LogP contribution in [-0.4, -0.2) is 19.4 Å². The molecule has 0 aliphatic rings. The van der Waals surface area contributed by atoms with Crippen molar-refractivity contribution in [1.82, 2.24) is 0 Å². The van der Waals surface area contributed by atoms with E-state index in [0.29, 0.717) is 13.2 Å². The van der Waals surface area contributed by atoms with Crippen LogP contribution >= 0.6 is 0 Å². The lowest BCUT2D eigenvalue weighted by Crippen LogP contribution is -2.08. The average molecular weight is 525 g/mol. The molecule has 0 bridgehead atoms. The molecule has 0 radical (unpaired) electrons. The fourth-order valence-corrected chi connectivity index (χ4v) is 5.15. The molecule has 0 saturated carbocycles. The third-order valence-electron chi connectivity index (χ3n) is 7.64. The minimum Gasteiger partial charge on any atom is -0.434 e. The van der Waals surface area contributed by atoms with Crippen LogP contribution in [0.3, 0.4) is 0 Å². The van der Waals surface area contributed by atoms with Gasteiger partial charge in [0.1, 0.15) is 0 Å². The summed E-state index contributed by atoms with van der Waals surface area (Å²) in [6, 6.07) is 0. The van der Waals surface area contributed by atoms with E-state index in [4.69, 9.17) is 9.47 Å². The van der Waals surface area contributed by atoms with Crippen LogP contribution in [0.2, 0.25) is 0 Å². The van der Waals surface area contributed by atoms with Crippen molar-refractivity contribution < 1.29 is 14.3 Å². The number of carbonyl (C=O) groups excluding carboxylic acids is 1. The highest BCUT2D eigenvalue weighted by Gasteiger charge is 2.02. The summed E-state index contributed by atoms with van der Waals surface area (Å²) in [4.78, 5) is 11.2. The quantitative estimate of drug-likeness (QED) is 0.0668. The number of hydrogen-bond donors (Lipinski definition) is 0. The van der Waals surface area contributed by atoms with Crippen molar-refractivity contribution in [3.63, 3.8) is 0 Å². The van der Waals surface area contributed by atoms with Gasteiger partial charge in [0.2, 0.25) is 0 Å². The Balaban J connectivity index is 3.05. The van der Waals surface area contributed by atoms with E-state index in [-0.39, 0.29) is 0 Å². The first-order chi connectivity index (χ1) is 18.3. The van der Waals surface area contributed by atoms with Crippen molar-refractivity contribution in [3.05, 3.63) is 0 Å². The van der Waals surface area contributed by atoms with Crippen molar-refractivity contribution in [2.45, 2.75) is 200 Å². The Kier molecular flexibility index (Phi) is 32.6. The normalized spacial score (nSPS) is 11.2. The second kappa shape index (κ2) is 33.3. The first-order valence-electron chi connectivity index (χ1n) is 17.1. The summed E-state index contributed by atoms with van der Waals surface area (Å²) in [5, 5.41) is 0. The molecule has 3 heteroatoms. The minimum atomic E-state index is -0.508. The molecule has 0 unspecified atom stereocenters. The average Bonchev–Trinajstić information content (AvgIpc) is 2.91. The van der Waals surface area contributed by atoms with Gasteiger partial charge in [-0.2, -0.15) is 0 Å². The zero-order chi connectivity index (χ0) is 26.9. The first kappa shape index (κ1) is 36.3. The van der Waals surface area contributed by atoms with Gasteiger partial charge in [-0.25, -0.2) is 4.79 Å². The van der Waals surface area contributed by atoms with Crippen molar-refractivity contribution in [3.8, 4) is 0 Å². The maximum Gasteiger partial charge on any atom is 0.508 e. The lowest BCUT2D eigenvalue weighted by atomic mass is 10.0. The van der Waals surface area contributed by atoms with E-state index >= 15 is 0 Å². The maximum atomic E-state index is 11.2. The molecule has 0 heterocycles. The van der Waals surface area contributed by atoms with Gasteiger partial charge >= 0.3 is 6.16 Å². The molecule has 0 spiro atoms. The Morgan fingerprint density at radius 3 is 0.838 bits per heavy atom. The molecule has 0 atom stereocenters. The Morgan fingerprint density at radius 2 is 0.568 bits per heavy atom. The molecule has 0 amide bonds. The summed E-state index contributed by atoms with van der Waals surface area (Å²) in [6.45, 7) is 5.24. The lowest BCUT2D eigenvalue weighted by molar-refractivity contribution is 0.0541. The number of rotatable bonds is 31. The van der Waals surface area contributed by atoms with E-state index in [9.17, 15) is 4.79 Å². The summed E-state index contributed by atoms with van der Waals surface area (Å²) in [5.41, 5.74) is 0. The summed E-state index contributed by atoms with van der Waals surface area (Å²) in [6.07, 6.45) is 39.8. The van der Waals surface area contributed by atoms with E-state index in [1.807, 2.05) is 6.92 Å². The van der Waals surface area contributed by atoms with E-state index in [2.05, 4.69) is 6.92 Å². The molecule has 0 aromatic carbocycles. The van der Waals surface area contributed by atoms with Crippen LogP contribution in [0.25, 0.3) is 0 Å². The number of ether oxygens (including phenoxy) is 2. The van der Waals surface area contributed by atoms with Crippen LogP contribution in [0.15, 0.2) is 0 Å². The zero-order valence-electron chi connectivity index (χ0n) is 25.6. The summed E-state index contributed by atoms with van der Waals surface area (Å²) >= 11 is 0. The summed E-state index contributed by atoms with van der Waals surface area (Å²) in [7, 11) is 0. The highest BCUT2D eigenvalue weighted by Crippen LogP contribution is 2.16. The van der Waals surface area contributed by atoms with Gasteiger partial charge in [-0.3, -0.25) is 0 Å². The minimum absolute atomic E-state index is 0.457. The monoisotopic (exact) mass is 525 g/mol. The highest BCUT2D eigenvalue weighted by atomic mass is 16.7. The third-order valence-corrected chi connectivity index (χ3v) is 7.64. The molecular weight excluding hydrogens is 456 g/mol. The van der Waals surface area contributed by atoms with Crippen molar-refractivity contribution in [1.29, 1.82) is 0 Å². The van der Waals surface area contributed by atoms with Crippen LogP contribution in [0, 0.1) is 0 Å². The van der Waals surface area contributed by atoms with Crippen molar-refractivity contribution in [2.24, 2.45) is 0 Å². The van der Waals surface area contributed by atoms with Gasteiger partial charge in [0, 0.05) is 0 Å². The SMILES string of the molecule is CCCCCCCCCCCCCCCCCCCCCCCCCCCCCCOC(=O)OCCC. The summed E-state index contributed by atoms with van der Waals surface area (Å²) in [5.74, 6) is 0. The first-order valence-corrected chi connectivity index (χ1v) is 17.1. The fraction of sp³-hybridized carbons (Fsp3) is 0.971. The van der Waals surface area contributed by atoms with Gasteiger partial charge in [-0.1, -0.05) is 187 Å². The van der Waals surface area contributed by atoms with Crippen LogP contribution < -0.4 is 0 Å². The molecule has 222 valence electrons. The molecule has 0 rings (SSSR count). The molecule has 0 fully saturated rings. The summed E-state index contributed by atoms with van der Waals surface area (Å²) < 4.78 is 9.93. The van der Waals surface area contributed by atoms with Gasteiger partial charge in [0.25, 0.3) is 0 Å². The largest absolute Gasteiger partial charge is 0.508 e. The Hall–Kier alpha value is -0.730. The topological polar surface area (TPSA) is 35.5 Å². The predicted octanol–water partition coefficient (Wildman–Crippen LogP) is 12.5. The van der Waals surface area contributed by atoms with Crippen molar-refractivity contribution in [2.75, 3.05) is 13.2 Å². The highest BCUT2D eigenvalue weighted by molar-refractivity contribution is 5.59. The molecule has 0 aliphatic heterocycles. The Bertz CT molecular complexity index is 423. The van der Waals surface area contributed by atoms with Gasteiger partial charge < -0.3 is 9.47 Å². The van der Waals surface area contributed by atoms with Crippen LogP contribution in [0.1, 0.15) is 200 Å². The molecule has 0 saturated heterocycles. The van der Waals surface area contributed by atoms with E-state index in [0.717, 1.165) is 19.3 Å². The van der Waals surface area contributed by atoms with Gasteiger partial charge in [0.15, 0.2) is 0 Å². The fourth-order valence-electron chi connectivity index (χ4n) is 5.15. The molecule has 3 nitrogen and oxygen atoms in total. The maximum absolute atomic E-state index is 11.2. The Labute approximate surface area is 233 Å². The second-order valence-corrected chi connectivity index (χ2v) is 11.5.